The van der Waals surface area contributed by atoms with E-state index in [2.05, 4.69) is 0 Å². The fourth-order valence-corrected chi connectivity index (χ4v) is 4.54. The number of aliphatic carboxylic acids is 1. The Labute approximate surface area is 220 Å². The standard InChI is InChI=1S/C29H28N2O7/c1-30(2)19-14-10-18(11-15-19)26-25(27(34)24-21(37-3)6-5-7-22(24)38-4)28(35)29(36)31(26)20-12-8-17(9-13-20)16-23(32)33/h5-15,26,34H,16H2,1-4H3,(H,32,33)/b27-25+. The van der Waals surface area contributed by atoms with Crippen LogP contribution >= 0.6 is 0 Å². The third kappa shape index (κ3) is 4.78. The average molecular weight is 517 g/mol. The molecule has 1 unspecified atom stereocenters. The fourth-order valence-electron chi connectivity index (χ4n) is 4.54. The van der Waals surface area contributed by atoms with Crippen LogP contribution in [0.1, 0.15) is 22.7 Å². The van der Waals surface area contributed by atoms with E-state index in [0.717, 1.165) is 5.69 Å². The molecule has 0 radical (unpaired) electrons. The molecule has 1 atom stereocenters. The van der Waals surface area contributed by atoms with E-state index < -0.39 is 29.5 Å². The number of nitrogens with zero attached hydrogens (tertiary/aromatic N) is 2. The first-order chi connectivity index (χ1) is 18.2. The van der Waals surface area contributed by atoms with Gasteiger partial charge in [-0.2, -0.15) is 0 Å². The van der Waals surface area contributed by atoms with Crippen LogP contribution in [0.15, 0.2) is 72.3 Å². The van der Waals surface area contributed by atoms with Crippen LogP contribution in [-0.4, -0.2) is 56.2 Å². The van der Waals surface area contributed by atoms with Gasteiger partial charge in [-0.25, -0.2) is 0 Å². The Morgan fingerprint density at radius 2 is 1.47 bits per heavy atom. The van der Waals surface area contributed by atoms with Gasteiger partial charge >= 0.3 is 5.97 Å². The van der Waals surface area contributed by atoms with Crippen molar-refractivity contribution < 1.29 is 34.1 Å². The molecule has 1 aliphatic rings. The number of carbonyl (C=O) groups excluding carboxylic acids is 2. The van der Waals surface area contributed by atoms with Crippen LogP contribution in [0.4, 0.5) is 11.4 Å². The van der Waals surface area contributed by atoms with Gasteiger partial charge in [-0.15, -0.1) is 0 Å². The maximum Gasteiger partial charge on any atom is 0.307 e. The Kier molecular flexibility index (Phi) is 7.38. The maximum atomic E-state index is 13.5. The molecule has 1 fully saturated rings. The summed E-state index contributed by atoms with van der Waals surface area (Å²) in [5.41, 5.74) is 2.47. The highest BCUT2D eigenvalue weighted by Crippen LogP contribution is 2.45. The predicted molar refractivity (Wildman–Crippen MR) is 143 cm³/mol. The zero-order valence-corrected chi connectivity index (χ0v) is 21.5. The average Bonchev–Trinajstić information content (AvgIpc) is 3.18. The summed E-state index contributed by atoms with van der Waals surface area (Å²) in [6.07, 6.45) is -0.178. The molecule has 1 saturated heterocycles. The van der Waals surface area contributed by atoms with Crippen molar-refractivity contribution in [2.24, 2.45) is 0 Å². The van der Waals surface area contributed by atoms with Crippen molar-refractivity contribution in [1.29, 1.82) is 0 Å². The van der Waals surface area contributed by atoms with Crippen LogP contribution in [0.25, 0.3) is 5.76 Å². The Morgan fingerprint density at radius 3 is 1.97 bits per heavy atom. The lowest BCUT2D eigenvalue weighted by Gasteiger charge is -2.26. The number of amides is 1. The van der Waals surface area contributed by atoms with Gasteiger partial charge in [-0.3, -0.25) is 19.3 Å². The Morgan fingerprint density at radius 1 is 0.895 bits per heavy atom. The second kappa shape index (κ2) is 10.7. The third-order valence-corrected chi connectivity index (χ3v) is 6.40. The SMILES string of the molecule is COc1cccc(OC)c1/C(O)=C1\C(=O)C(=O)N(c2ccc(CC(=O)O)cc2)C1c1ccc(N(C)C)cc1. The number of methoxy groups -OCH3 is 2. The Bertz CT molecular complexity index is 1390. The lowest BCUT2D eigenvalue weighted by molar-refractivity contribution is -0.136. The summed E-state index contributed by atoms with van der Waals surface area (Å²) in [7, 11) is 6.65. The number of aliphatic hydroxyl groups excluding tert-OH is 1. The van der Waals surface area contributed by atoms with Gasteiger partial charge in [-0.05, 0) is 47.5 Å². The number of hydrogen-bond acceptors (Lipinski definition) is 7. The molecular weight excluding hydrogens is 488 g/mol. The monoisotopic (exact) mass is 516 g/mol. The van der Waals surface area contributed by atoms with Crippen LogP contribution in [0.5, 0.6) is 11.5 Å². The van der Waals surface area contributed by atoms with Crippen LogP contribution in [0.3, 0.4) is 0 Å². The number of benzene rings is 3. The second-order valence-corrected chi connectivity index (χ2v) is 8.93. The minimum Gasteiger partial charge on any atom is -0.506 e. The van der Waals surface area contributed by atoms with E-state index in [1.54, 1.807) is 54.6 Å². The van der Waals surface area contributed by atoms with Crippen molar-refractivity contribution in [3.8, 4) is 11.5 Å². The zero-order valence-electron chi connectivity index (χ0n) is 21.5. The lowest BCUT2D eigenvalue weighted by Crippen LogP contribution is -2.29. The van der Waals surface area contributed by atoms with Gasteiger partial charge in [-0.1, -0.05) is 30.3 Å². The molecule has 196 valence electrons. The van der Waals surface area contributed by atoms with Crippen molar-refractivity contribution in [2.45, 2.75) is 12.5 Å². The summed E-state index contributed by atoms with van der Waals surface area (Å²) in [5, 5.41) is 20.7. The Hall–Kier alpha value is -4.79. The molecule has 1 amide bonds. The first kappa shape index (κ1) is 26.3. The molecule has 3 aromatic carbocycles. The Balaban J connectivity index is 1.94. The molecule has 38 heavy (non-hydrogen) atoms. The molecule has 3 aromatic rings. The van der Waals surface area contributed by atoms with E-state index >= 15 is 0 Å². The number of aliphatic hydroxyl groups is 1. The predicted octanol–water partition coefficient (Wildman–Crippen LogP) is 4.02. The zero-order chi connectivity index (χ0) is 27.6. The highest BCUT2D eigenvalue weighted by atomic mass is 16.5. The van der Waals surface area contributed by atoms with E-state index in [0.29, 0.717) is 16.8 Å². The first-order valence-corrected chi connectivity index (χ1v) is 11.8. The number of Topliss-reactive ketones (excluding diaryl/α,β-unsaturated/α-hetero) is 1. The summed E-state index contributed by atoms with van der Waals surface area (Å²) < 4.78 is 10.9. The van der Waals surface area contributed by atoms with Crippen molar-refractivity contribution in [3.63, 3.8) is 0 Å². The summed E-state index contributed by atoms with van der Waals surface area (Å²) >= 11 is 0. The van der Waals surface area contributed by atoms with Gasteiger partial charge in [0.25, 0.3) is 11.7 Å². The largest absolute Gasteiger partial charge is 0.506 e. The minimum absolute atomic E-state index is 0.120. The molecule has 0 aromatic heterocycles. The number of carbonyl (C=O) groups is 3. The number of ether oxygens (including phenoxy) is 2. The smallest absolute Gasteiger partial charge is 0.307 e. The van der Waals surface area contributed by atoms with Gasteiger partial charge in [0, 0.05) is 25.5 Å². The van der Waals surface area contributed by atoms with Gasteiger partial charge in [0.15, 0.2) is 0 Å². The van der Waals surface area contributed by atoms with Crippen molar-refractivity contribution >= 4 is 34.8 Å². The number of hydrogen-bond donors (Lipinski definition) is 2. The molecule has 0 bridgehead atoms. The quantitative estimate of drug-likeness (QED) is 0.262. The van der Waals surface area contributed by atoms with E-state index in [1.165, 1.54) is 19.1 Å². The molecule has 2 N–H and O–H groups in total. The number of ketones is 1. The topological polar surface area (TPSA) is 117 Å². The molecule has 4 rings (SSSR count). The lowest BCUT2D eigenvalue weighted by atomic mass is 9.94. The summed E-state index contributed by atoms with van der Waals surface area (Å²) in [6, 6.07) is 17.6. The normalized spacial score (nSPS) is 16.4. The van der Waals surface area contributed by atoms with Crippen LogP contribution in [-0.2, 0) is 20.8 Å². The van der Waals surface area contributed by atoms with Crippen LogP contribution in [0.2, 0.25) is 0 Å². The molecular formula is C29H28N2O7. The first-order valence-electron chi connectivity index (χ1n) is 11.8. The molecule has 9 nitrogen and oxygen atoms in total. The van der Waals surface area contributed by atoms with Crippen molar-refractivity contribution in [2.75, 3.05) is 38.1 Å². The van der Waals surface area contributed by atoms with E-state index in [4.69, 9.17) is 14.6 Å². The molecule has 9 heteroatoms. The fraction of sp³-hybridized carbons (Fsp3) is 0.207. The number of carboxylic acids is 1. The number of anilines is 2. The van der Waals surface area contributed by atoms with E-state index in [-0.39, 0.29) is 29.1 Å². The highest BCUT2D eigenvalue weighted by molar-refractivity contribution is 6.51. The maximum absolute atomic E-state index is 13.5. The summed E-state index contributed by atoms with van der Waals surface area (Å²) in [4.78, 5) is 41.3. The van der Waals surface area contributed by atoms with Gasteiger partial charge in [0.2, 0.25) is 0 Å². The van der Waals surface area contributed by atoms with Crippen LogP contribution in [0, 0.1) is 0 Å². The van der Waals surface area contributed by atoms with Crippen LogP contribution < -0.4 is 19.3 Å². The number of rotatable bonds is 8. The van der Waals surface area contributed by atoms with Crippen molar-refractivity contribution in [1.82, 2.24) is 0 Å². The molecule has 1 aliphatic heterocycles. The van der Waals surface area contributed by atoms with E-state index in [1.807, 2.05) is 31.1 Å². The molecule has 0 saturated carbocycles. The highest BCUT2D eigenvalue weighted by Gasteiger charge is 2.47. The van der Waals surface area contributed by atoms with Gasteiger partial charge in [0.05, 0.1) is 32.3 Å². The van der Waals surface area contributed by atoms with Crippen molar-refractivity contribution in [3.05, 3.63) is 89.0 Å². The van der Waals surface area contributed by atoms with Gasteiger partial charge in [0.1, 0.15) is 22.8 Å². The van der Waals surface area contributed by atoms with Gasteiger partial charge < -0.3 is 24.6 Å². The molecule has 1 heterocycles. The summed E-state index contributed by atoms with van der Waals surface area (Å²) in [6.45, 7) is 0. The third-order valence-electron chi connectivity index (χ3n) is 6.40. The van der Waals surface area contributed by atoms with E-state index in [9.17, 15) is 19.5 Å². The number of carboxylic acid groups (broad SMARTS) is 1. The summed E-state index contributed by atoms with van der Waals surface area (Å²) in [5.74, 6) is -2.56. The molecule has 0 aliphatic carbocycles. The second-order valence-electron chi connectivity index (χ2n) is 8.93. The molecule has 0 spiro atoms. The minimum atomic E-state index is -0.982.